The van der Waals surface area contributed by atoms with Crippen LogP contribution in [0.2, 0.25) is 0 Å². The molecular formula is C23H37N5O4. The van der Waals surface area contributed by atoms with Gasteiger partial charge in [-0.15, -0.1) is 0 Å². The SMILES string of the molecule is COc1ccc(OC)c(CN2CCN(C(=NCC(=O)N(C)C)NCC3CCCO3)CC2)c1. The zero-order chi connectivity index (χ0) is 22.9. The topological polar surface area (TPSA) is 78.9 Å². The zero-order valence-corrected chi connectivity index (χ0v) is 19.8. The average molecular weight is 448 g/mol. The normalized spacial score (nSPS) is 19.7. The van der Waals surface area contributed by atoms with E-state index in [1.807, 2.05) is 18.2 Å². The fourth-order valence-corrected chi connectivity index (χ4v) is 3.93. The Labute approximate surface area is 191 Å². The zero-order valence-electron chi connectivity index (χ0n) is 19.8. The van der Waals surface area contributed by atoms with Gasteiger partial charge in [0.15, 0.2) is 5.96 Å². The number of nitrogens with zero attached hydrogens (tertiary/aromatic N) is 4. The van der Waals surface area contributed by atoms with Crippen molar-refractivity contribution in [2.24, 2.45) is 4.99 Å². The maximum Gasteiger partial charge on any atom is 0.243 e. The van der Waals surface area contributed by atoms with Crippen molar-refractivity contribution in [3.63, 3.8) is 0 Å². The Morgan fingerprint density at radius 1 is 1.22 bits per heavy atom. The summed E-state index contributed by atoms with van der Waals surface area (Å²) in [7, 11) is 6.88. The molecule has 0 radical (unpaired) electrons. The maximum absolute atomic E-state index is 12.1. The number of hydrogen-bond acceptors (Lipinski definition) is 6. The minimum Gasteiger partial charge on any atom is -0.497 e. The quantitative estimate of drug-likeness (QED) is 0.471. The predicted octanol–water partition coefficient (Wildman–Crippen LogP) is 1.03. The second-order valence-corrected chi connectivity index (χ2v) is 8.38. The number of aliphatic imine (C=N–C) groups is 1. The van der Waals surface area contributed by atoms with E-state index in [4.69, 9.17) is 14.2 Å². The van der Waals surface area contributed by atoms with Gasteiger partial charge in [-0.1, -0.05) is 0 Å². The van der Waals surface area contributed by atoms with Crippen LogP contribution in [0.15, 0.2) is 23.2 Å². The van der Waals surface area contributed by atoms with Crippen molar-refractivity contribution < 1.29 is 19.0 Å². The van der Waals surface area contributed by atoms with E-state index in [9.17, 15) is 4.79 Å². The lowest BCUT2D eigenvalue weighted by Crippen LogP contribution is -2.53. The Bertz CT molecular complexity index is 772. The van der Waals surface area contributed by atoms with Crippen molar-refractivity contribution in [1.82, 2.24) is 20.0 Å². The number of methoxy groups -OCH3 is 2. The number of piperazine rings is 1. The van der Waals surface area contributed by atoms with E-state index in [2.05, 4.69) is 20.1 Å². The van der Waals surface area contributed by atoms with Crippen molar-refractivity contribution >= 4 is 11.9 Å². The molecule has 1 amide bonds. The van der Waals surface area contributed by atoms with Crippen LogP contribution >= 0.6 is 0 Å². The fourth-order valence-electron chi connectivity index (χ4n) is 3.93. The Morgan fingerprint density at radius 2 is 2.00 bits per heavy atom. The predicted molar refractivity (Wildman–Crippen MR) is 124 cm³/mol. The largest absolute Gasteiger partial charge is 0.497 e. The second-order valence-electron chi connectivity index (χ2n) is 8.38. The molecule has 32 heavy (non-hydrogen) atoms. The minimum atomic E-state index is -0.00910. The summed E-state index contributed by atoms with van der Waals surface area (Å²) < 4.78 is 16.6. The highest BCUT2D eigenvalue weighted by Crippen LogP contribution is 2.25. The molecule has 1 unspecified atom stereocenters. The summed E-state index contributed by atoms with van der Waals surface area (Å²) in [4.78, 5) is 22.9. The fraction of sp³-hybridized carbons (Fsp3) is 0.652. The Kier molecular flexibility index (Phi) is 8.99. The maximum atomic E-state index is 12.1. The number of benzene rings is 1. The Balaban J connectivity index is 1.59. The van der Waals surface area contributed by atoms with E-state index in [1.54, 1.807) is 33.2 Å². The minimum absolute atomic E-state index is 0.00910. The molecule has 0 spiro atoms. The first-order valence-corrected chi connectivity index (χ1v) is 11.3. The molecule has 2 heterocycles. The van der Waals surface area contributed by atoms with Crippen LogP contribution in [-0.4, -0.2) is 107 Å². The summed E-state index contributed by atoms with van der Waals surface area (Å²) in [5.74, 6) is 2.48. The van der Waals surface area contributed by atoms with Crippen molar-refractivity contribution in [1.29, 1.82) is 0 Å². The summed E-state index contributed by atoms with van der Waals surface area (Å²) in [5, 5.41) is 3.45. The third-order valence-corrected chi connectivity index (χ3v) is 5.93. The van der Waals surface area contributed by atoms with Crippen LogP contribution in [0.1, 0.15) is 18.4 Å². The van der Waals surface area contributed by atoms with Crippen LogP contribution < -0.4 is 14.8 Å². The van der Waals surface area contributed by atoms with E-state index in [-0.39, 0.29) is 18.6 Å². The number of guanidine groups is 1. The van der Waals surface area contributed by atoms with Gasteiger partial charge >= 0.3 is 0 Å². The molecule has 0 aromatic heterocycles. The number of amides is 1. The number of ether oxygens (including phenoxy) is 3. The van der Waals surface area contributed by atoms with E-state index < -0.39 is 0 Å². The van der Waals surface area contributed by atoms with Gasteiger partial charge in [0.1, 0.15) is 18.0 Å². The number of nitrogens with one attached hydrogen (secondary N) is 1. The van der Waals surface area contributed by atoms with Gasteiger partial charge in [0.05, 0.1) is 20.3 Å². The molecule has 1 aromatic rings. The third kappa shape index (κ3) is 6.74. The molecule has 178 valence electrons. The summed E-state index contributed by atoms with van der Waals surface area (Å²) in [5.41, 5.74) is 1.11. The lowest BCUT2D eigenvalue weighted by atomic mass is 10.1. The highest BCUT2D eigenvalue weighted by Gasteiger charge is 2.23. The summed E-state index contributed by atoms with van der Waals surface area (Å²) >= 11 is 0. The molecule has 1 atom stereocenters. The number of carbonyl (C=O) groups excluding carboxylic acids is 1. The standard InChI is InChI=1S/C23H37N5O4/c1-26(2)22(29)16-25-23(24-15-20-6-5-13-32-20)28-11-9-27(10-12-28)17-18-14-19(30-3)7-8-21(18)31-4/h7-8,14,20H,5-6,9-13,15-17H2,1-4H3,(H,24,25). The molecule has 3 rings (SSSR count). The van der Waals surface area contributed by atoms with Gasteiger partial charge in [0.25, 0.3) is 0 Å². The molecule has 9 nitrogen and oxygen atoms in total. The summed E-state index contributed by atoms with van der Waals surface area (Å²) in [6, 6.07) is 5.90. The molecule has 0 aliphatic carbocycles. The molecule has 1 aromatic carbocycles. The number of likely N-dealkylation sites (N-methyl/N-ethyl adjacent to an activating group) is 1. The van der Waals surface area contributed by atoms with E-state index in [0.29, 0.717) is 0 Å². The van der Waals surface area contributed by atoms with Crippen molar-refractivity contribution in [2.75, 3.05) is 74.2 Å². The van der Waals surface area contributed by atoms with Crippen LogP contribution in [0, 0.1) is 0 Å². The molecule has 2 aliphatic rings. The van der Waals surface area contributed by atoms with Crippen LogP contribution in [0.5, 0.6) is 11.5 Å². The van der Waals surface area contributed by atoms with Crippen molar-refractivity contribution in [3.05, 3.63) is 23.8 Å². The van der Waals surface area contributed by atoms with Gasteiger partial charge in [0.2, 0.25) is 5.91 Å². The van der Waals surface area contributed by atoms with Crippen molar-refractivity contribution in [2.45, 2.75) is 25.5 Å². The first kappa shape index (κ1) is 24.1. The molecule has 0 saturated carbocycles. The van der Waals surface area contributed by atoms with E-state index in [0.717, 1.165) is 81.7 Å². The average Bonchev–Trinajstić information content (AvgIpc) is 3.33. The lowest BCUT2D eigenvalue weighted by Gasteiger charge is -2.37. The van der Waals surface area contributed by atoms with E-state index >= 15 is 0 Å². The monoisotopic (exact) mass is 447 g/mol. The highest BCUT2D eigenvalue weighted by molar-refractivity contribution is 5.85. The smallest absolute Gasteiger partial charge is 0.243 e. The Morgan fingerprint density at radius 3 is 2.62 bits per heavy atom. The molecular weight excluding hydrogens is 410 g/mol. The number of rotatable bonds is 8. The van der Waals surface area contributed by atoms with Crippen LogP contribution in [0.25, 0.3) is 0 Å². The second kappa shape index (κ2) is 11.9. The molecule has 2 aliphatic heterocycles. The first-order valence-electron chi connectivity index (χ1n) is 11.3. The van der Waals surface area contributed by atoms with Gasteiger partial charge in [-0.3, -0.25) is 9.69 Å². The van der Waals surface area contributed by atoms with Gasteiger partial charge < -0.3 is 29.3 Å². The van der Waals surface area contributed by atoms with Crippen LogP contribution in [0.3, 0.4) is 0 Å². The summed E-state index contributed by atoms with van der Waals surface area (Å²) in [6.45, 7) is 5.93. The molecule has 1 N–H and O–H groups in total. The lowest BCUT2D eigenvalue weighted by molar-refractivity contribution is -0.127. The molecule has 2 fully saturated rings. The van der Waals surface area contributed by atoms with Crippen molar-refractivity contribution in [3.8, 4) is 11.5 Å². The van der Waals surface area contributed by atoms with E-state index in [1.165, 1.54) is 0 Å². The third-order valence-electron chi connectivity index (χ3n) is 5.93. The number of carbonyl (C=O) groups is 1. The molecule has 2 saturated heterocycles. The summed E-state index contributed by atoms with van der Waals surface area (Å²) in [6.07, 6.45) is 2.38. The molecule has 0 bridgehead atoms. The molecule has 9 heteroatoms. The van der Waals surface area contributed by atoms with Gasteiger partial charge in [0, 0.05) is 65.5 Å². The Hall–Kier alpha value is -2.52. The number of hydrogen-bond donors (Lipinski definition) is 1. The van der Waals surface area contributed by atoms with Gasteiger partial charge in [-0.2, -0.15) is 0 Å². The highest BCUT2D eigenvalue weighted by atomic mass is 16.5. The first-order chi connectivity index (χ1) is 15.5. The van der Waals surface area contributed by atoms with Gasteiger partial charge in [-0.25, -0.2) is 4.99 Å². The van der Waals surface area contributed by atoms with Crippen LogP contribution in [0.4, 0.5) is 0 Å². The van der Waals surface area contributed by atoms with Crippen LogP contribution in [-0.2, 0) is 16.1 Å². The van der Waals surface area contributed by atoms with Gasteiger partial charge in [-0.05, 0) is 31.0 Å².